The Morgan fingerprint density at radius 1 is 1.39 bits per heavy atom. The Morgan fingerprint density at radius 2 is 2.06 bits per heavy atom. The van der Waals surface area contributed by atoms with Crippen LogP contribution in [0.2, 0.25) is 0 Å². The Hall–Kier alpha value is -1.80. The largest absolute Gasteiger partial charge is 0.478 e. The fourth-order valence-electron chi connectivity index (χ4n) is 1.42. The second-order valence-corrected chi connectivity index (χ2v) is 5.55. The molecule has 0 aromatic heterocycles. The highest BCUT2D eigenvalue weighted by atomic mass is 32.2. The lowest BCUT2D eigenvalue weighted by atomic mass is 10.1. The number of aromatic carboxylic acids is 1. The summed E-state index contributed by atoms with van der Waals surface area (Å²) in [5, 5.41) is 8.97. The average molecular weight is 271 g/mol. The molecule has 0 bridgehead atoms. The lowest BCUT2D eigenvalue weighted by Gasteiger charge is -2.11. The molecule has 0 saturated heterocycles. The lowest BCUT2D eigenvalue weighted by molar-refractivity contribution is 0.0698. The van der Waals surface area contributed by atoms with Gasteiger partial charge in [-0.3, -0.25) is 4.72 Å². The maximum atomic E-state index is 11.7. The highest BCUT2D eigenvalue weighted by molar-refractivity contribution is 7.90. The third kappa shape index (κ3) is 3.11. The summed E-state index contributed by atoms with van der Waals surface area (Å²) in [6.45, 7) is 0. The first-order chi connectivity index (χ1) is 8.37. The average Bonchev–Trinajstić information content (AvgIpc) is 3.03. The van der Waals surface area contributed by atoms with Gasteiger partial charge in [0.15, 0.2) is 0 Å². The Morgan fingerprint density at radius 3 is 2.61 bits per heavy atom. The van der Waals surface area contributed by atoms with Crippen LogP contribution in [0.15, 0.2) is 18.2 Å². The summed E-state index contributed by atoms with van der Waals surface area (Å²) in [5.74, 6) is -1.24. The smallest absolute Gasteiger partial charge is 0.337 e. The molecule has 0 amide bonds. The summed E-state index contributed by atoms with van der Waals surface area (Å²) in [4.78, 5) is 11.0. The number of nitrogens with one attached hydrogen (secondary N) is 2. The highest BCUT2D eigenvalue weighted by Crippen LogP contribution is 2.23. The van der Waals surface area contributed by atoms with Gasteiger partial charge in [0.25, 0.3) is 10.2 Å². The number of hydrogen-bond acceptors (Lipinski definition) is 4. The zero-order chi connectivity index (χ0) is 13.3. The molecule has 0 heterocycles. The molecule has 1 aromatic carbocycles. The minimum atomic E-state index is -3.74. The Bertz CT molecular complexity index is 581. The molecule has 18 heavy (non-hydrogen) atoms. The van der Waals surface area contributed by atoms with E-state index in [9.17, 15) is 13.2 Å². The van der Waals surface area contributed by atoms with E-state index in [-0.39, 0.29) is 23.0 Å². The van der Waals surface area contributed by atoms with Crippen LogP contribution in [0, 0.1) is 0 Å². The molecule has 1 aliphatic carbocycles. The lowest BCUT2D eigenvalue weighted by Crippen LogP contribution is -2.32. The van der Waals surface area contributed by atoms with Crippen LogP contribution in [0.5, 0.6) is 0 Å². The molecule has 0 atom stereocenters. The number of carboxylic acid groups (broad SMARTS) is 1. The van der Waals surface area contributed by atoms with Crippen LogP contribution in [0.25, 0.3) is 0 Å². The molecule has 5 N–H and O–H groups in total. The van der Waals surface area contributed by atoms with Crippen LogP contribution in [0.4, 0.5) is 11.4 Å². The minimum absolute atomic E-state index is 0.00940. The van der Waals surface area contributed by atoms with Gasteiger partial charge < -0.3 is 10.8 Å². The molecule has 0 radical (unpaired) electrons. The van der Waals surface area contributed by atoms with Crippen LogP contribution >= 0.6 is 0 Å². The Kier molecular flexibility index (Phi) is 3.14. The van der Waals surface area contributed by atoms with Crippen molar-refractivity contribution in [1.82, 2.24) is 4.72 Å². The quantitative estimate of drug-likeness (QED) is 0.577. The van der Waals surface area contributed by atoms with Gasteiger partial charge in [0.2, 0.25) is 0 Å². The number of benzene rings is 1. The van der Waals surface area contributed by atoms with Gasteiger partial charge in [0.05, 0.1) is 11.3 Å². The molecule has 1 fully saturated rings. The Balaban J connectivity index is 2.25. The van der Waals surface area contributed by atoms with E-state index in [0.717, 1.165) is 12.8 Å². The van der Waals surface area contributed by atoms with Crippen molar-refractivity contribution in [3.8, 4) is 0 Å². The summed E-state index contributed by atoms with van der Waals surface area (Å²) in [6, 6.07) is 3.91. The Labute approximate surface area is 104 Å². The summed E-state index contributed by atoms with van der Waals surface area (Å²) in [5.41, 5.74) is 5.53. The summed E-state index contributed by atoms with van der Waals surface area (Å²) in [6.07, 6.45) is 1.60. The monoisotopic (exact) mass is 271 g/mol. The maximum absolute atomic E-state index is 11.7. The summed E-state index contributed by atoms with van der Waals surface area (Å²) < 4.78 is 27.9. The normalized spacial score (nSPS) is 15.3. The van der Waals surface area contributed by atoms with Crippen molar-refractivity contribution >= 4 is 27.6 Å². The third-order valence-corrected chi connectivity index (χ3v) is 3.55. The van der Waals surface area contributed by atoms with E-state index in [1.807, 2.05) is 0 Å². The molecule has 1 aliphatic rings. The topological polar surface area (TPSA) is 122 Å². The molecule has 0 unspecified atom stereocenters. The standard InChI is InChI=1S/C10H13N3O4S/c11-6-1-4-9(8(5-6)10(14)15)13-18(16,17)12-7-2-3-7/h1,4-5,7,12-13H,2-3,11H2,(H,14,15). The van der Waals surface area contributed by atoms with Gasteiger partial charge in [-0.15, -0.1) is 0 Å². The zero-order valence-electron chi connectivity index (χ0n) is 9.38. The molecule has 8 heteroatoms. The number of carboxylic acids is 1. The van der Waals surface area contributed by atoms with E-state index in [4.69, 9.17) is 10.8 Å². The van der Waals surface area contributed by atoms with Crippen LogP contribution in [-0.4, -0.2) is 25.5 Å². The fraction of sp³-hybridized carbons (Fsp3) is 0.300. The maximum Gasteiger partial charge on any atom is 0.337 e. The van der Waals surface area contributed by atoms with E-state index in [1.165, 1.54) is 18.2 Å². The van der Waals surface area contributed by atoms with Crippen molar-refractivity contribution in [2.24, 2.45) is 0 Å². The van der Waals surface area contributed by atoms with Gasteiger partial charge in [-0.1, -0.05) is 0 Å². The summed E-state index contributed by atoms with van der Waals surface area (Å²) >= 11 is 0. The predicted molar refractivity (Wildman–Crippen MR) is 66.5 cm³/mol. The molecular weight excluding hydrogens is 258 g/mol. The van der Waals surface area contributed by atoms with Crippen LogP contribution < -0.4 is 15.2 Å². The van der Waals surface area contributed by atoms with Crippen molar-refractivity contribution < 1.29 is 18.3 Å². The van der Waals surface area contributed by atoms with Crippen molar-refractivity contribution in [1.29, 1.82) is 0 Å². The number of rotatable bonds is 5. The fourth-order valence-corrected chi connectivity index (χ4v) is 2.62. The molecule has 98 valence electrons. The van der Waals surface area contributed by atoms with Crippen LogP contribution in [-0.2, 0) is 10.2 Å². The van der Waals surface area contributed by atoms with E-state index >= 15 is 0 Å². The van der Waals surface area contributed by atoms with E-state index in [1.54, 1.807) is 0 Å². The number of anilines is 2. The van der Waals surface area contributed by atoms with Crippen molar-refractivity contribution in [2.45, 2.75) is 18.9 Å². The van der Waals surface area contributed by atoms with Gasteiger partial charge in [0, 0.05) is 11.7 Å². The predicted octanol–water partition coefficient (Wildman–Crippen LogP) is 0.376. The number of nitrogen functional groups attached to an aromatic ring is 1. The first-order valence-electron chi connectivity index (χ1n) is 5.30. The molecule has 1 aromatic rings. The van der Waals surface area contributed by atoms with Gasteiger partial charge in [-0.05, 0) is 31.0 Å². The molecule has 7 nitrogen and oxygen atoms in total. The molecule has 1 saturated carbocycles. The molecule has 0 aliphatic heterocycles. The first kappa shape index (κ1) is 12.7. The first-order valence-corrected chi connectivity index (χ1v) is 6.78. The minimum Gasteiger partial charge on any atom is -0.478 e. The highest BCUT2D eigenvalue weighted by Gasteiger charge is 2.27. The van der Waals surface area contributed by atoms with E-state index < -0.39 is 16.2 Å². The van der Waals surface area contributed by atoms with Crippen molar-refractivity contribution in [3.05, 3.63) is 23.8 Å². The number of carbonyl (C=O) groups is 1. The van der Waals surface area contributed by atoms with E-state index in [0.29, 0.717) is 0 Å². The second-order valence-electron chi connectivity index (χ2n) is 4.11. The number of hydrogen-bond donors (Lipinski definition) is 4. The van der Waals surface area contributed by atoms with E-state index in [2.05, 4.69) is 9.44 Å². The van der Waals surface area contributed by atoms with Gasteiger partial charge in [-0.2, -0.15) is 13.1 Å². The summed E-state index contributed by atoms with van der Waals surface area (Å²) in [7, 11) is -3.74. The van der Waals surface area contributed by atoms with Crippen molar-refractivity contribution in [2.75, 3.05) is 10.5 Å². The second kappa shape index (κ2) is 4.46. The SMILES string of the molecule is Nc1ccc(NS(=O)(=O)NC2CC2)c(C(=O)O)c1. The van der Waals surface area contributed by atoms with Crippen LogP contribution in [0.3, 0.4) is 0 Å². The molecular formula is C10H13N3O4S. The van der Waals surface area contributed by atoms with Crippen molar-refractivity contribution in [3.63, 3.8) is 0 Å². The number of nitrogens with two attached hydrogens (primary N) is 1. The molecule has 2 rings (SSSR count). The van der Waals surface area contributed by atoms with Gasteiger partial charge >= 0.3 is 5.97 Å². The molecule has 0 spiro atoms. The van der Waals surface area contributed by atoms with Gasteiger partial charge in [0.1, 0.15) is 0 Å². The van der Waals surface area contributed by atoms with Crippen LogP contribution in [0.1, 0.15) is 23.2 Å². The third-order valence-electron chi connectivity index (χ3n) is 2.42. The van der Waals surface area contributed by atoms with Gasteiger partial charge in [-0.25, -0.2) is 4.79 Å². The zero-order valence-corrected chi connectivity index (χ0v) is 10.2.